The average molecular weight is 185 g/mol. The molecule has 5 nitrogen and oxygen atoms in total. The van der Waals surface area contributed by atoms with E-state index in [0.29, 0.717) is 0 Å². The zero-order valence-corrected chi connectivity index (χ0v) is 7.11. The van der Waals surface area contributed by atoms with Crippen LogP contribution in [-0.4, -0.2) is 17.9 Å². The molecule has 0 N–H and O–H groups in total. The monoisotopic (exact) mass is 185 g/mol. The van der Waals surface area contributed by atoms with Gasteiger partial charge in [-0.05, 0) is 12.8 Å². The molecule has 13 heavy (non-hydrogen) atoms. The van der Waals surface area contributed by atoms with Crippen molar-refractivity contribution in [1.29, 1.82) is 0 Å². The number of carboxylic acid groups (broad SMARTS) is 1. The maximum absolute atomic E-state index is 11.0. The van der Waals surface area contributed by atoms with Crippen LogP contribution in [0.4, 0.5) is 0 Å². The van der Waals surface area contributed by atoms with Gasteiger partial charge in [0.1, 0.15) is 0 Å². The average Bonchev–Trinajstić information content (AvgIpc) is 2.24. The number of cyclic esters (lactones) is 2. The number of hydrogen-bond donors (Lipinski definition) is 0. The molecule has 0 spiro atoms. The van der Waals surface area contributed by atoms with Gasteiger partial charge in [-0.15, -0.1) is 0 Å². The molecule has 1 fully saturated rings. The summed E-state index contributed by atoms with van der Waals surface area (Å²) in [6.45, 7) is 1.55. The summed E-state index contributed by atoms with van der Waals surface area (Å²) < 4.78 is 4.33. The van der Waals surface area contributed by atoms with E-state index in [4.69, 9.17) is 0 Å². The molecule has 0 aliphatic carbocycles. The predicted octanol–water partition coefficient (Wildman–Crippen LogP) is -1.15. The first-order valence-corrected chi connectivity index (χ1v) is 3.97. The van der Waals surface area contributed by atoms with E-state index in [-0.39, 0.29) is 12.8 Å². The second-order valence-electron chi connectivity index (χ2n) is 3.05. The van der Waals surface area contributed by atoms with Gasteiger partial charge in [0.25, 0.3) is 0 Å². The minimum absolute atomic E-state index is 0.105. The Morgan fingerprint density at radius 2 is 2.08 bits per heavy atom. The Kier molecular flexibility index (Phi) is 2.65. The minimum Gasteiger partial charge on any atom is -0.550 e. The van der Waals surface area contributed by atoms with E-state index >= 15 is 0 Å². The zero-order valence-electron chi connectivity index (χ0n) is 7.11. The van der Waals surface area contributed by atoms with Crippen molar-refractivity contribution in [3.05, 3.63) is 0 Å². The van der Waals surface area contributed by atoms with Gasteiger partial charge < -0.3 is 14.6 Å². The van der Waals surface area contributed by atoms with Gasteiger partial charge in [-0.1, -0.05) is 6.92 Å². The quantitative estimate of drug-likeness (QED) is 0.409. The summed E-state index contributed by atoms with van der Waals surface area (Å²) in [6.07, 6.45) is -0.120. The molecule has 2 atom stereocenters. The second kappa shape index (κ2) is 3.55. The van der Waals surface area contributed by atoms with Crippen molar-refractivity contribution in [1.82, 2.24) is 0 Å². The predicted molar refractivity (Wildman–Crippen MR) is 38.0 cm³/mol. The number of carboxylic acids is 1. The summed E-state index contributed by atoms with van der Waals surface area (Å²) in [5.74, 6) is -3.58. The molecule has 0 amide bonds. The number of aliphatic carboxylic acids is 1. The van der Waals surface area contributed by atoms with E-state index in [1.807, 2.05) is 0 Å². The number of ether oxygens (including phenoxy) is 1. The number of carbonyl (C=O) groups excluding carboxylic acids is 3. The van der Waals surface area contributed by atoms with Gasteiger partial charge >= 0.3 is 11.9 Å². The topological polar surface area (TPSA) is 83.5 Å². The third kappa shape index (κ3) is 2.05. The summed E-state index contributed by atoms with van der Waals surface area (Å²) in [4.78, 5) is 31.9. The number of hydrogen-bond acceptors (Lipinski definition) is 5. The smallest absolute Gasteiger partial charge is 0.317 e. The van der Waals surface area contributed by atoms with Crippen LogP contribution in [0, 0.1) is 11.8 Å². The molecule has 0 saturated carbocycles. The Morgan fingerprint density at radius 1 is 1.46 bits per heavy atom. The Bertz CT molecular complexity index is 257. The van der Waals surface area contributed by atoms with E-state index in [2.05, 4.69) is 4.74 Å². The van der Waals surface area contributed by atoms with Crippen LogP contribution in [0.1, 0.15) is 19.8 Å². The lowest BCUT2D eigenvalue weighted by Crippen LogP contribution is -2.24. The number of carbonyl (C=O) groups is 3. The Morgan fingerprint density at radius 3 is 2.46 bits per heavy atom. The third-order valence-corrected chi connectivity index (χ3v) is 2.14. The Hall–Kier alpha value is -1.39. The highest BCUT2D eigenvalue weighted by molar-refractivity contribution is 5.96. The molecule has 1 aliphatic heterocycles. The SMILES string of the molecule is C[C@@H]1C(=O)OC(=O)[C@H]1CCC(=O)[O-]. The molecule has 5 heteroatoms. The van der Waals surface area contributed by atoms with Gasteiger partial charge in [-0.2, -0.15) is 0 Å². The zero-order chi connectivity index (χ0) is 10.0. The largest absolute Gasteiger partial charge is 0.550 e. The van der Waals surface area contributed by atoms with Crippen LogP contribution in [0.2, 0.25) is 0 Å². The van der Waals surface area contributed by atoms with Crippen molar-refractivity contribution >= 4 is 17.9 Å². The number of esters is 2. The maximum atomic E-state index is 11.0. The highest BCUT2D eigenvalue weighted by atomic mass is 16.6. The maximum Gasteiger partial charge on any atom is 0.317 e. The lowest BCUT2D eigenvalue weighted by Gasteiger charge is -2.08. The van der Waals surface area contributed by atoms with Crippen molar-refractivity contribution in [2.75, 3.05) is 0 Å². The van der Waals surface area contributed by atoms with Crippen LogP contribution in [-0.2, 0) is 19.1 Å². The van der Waals surface area contributed by atoms with E-state index < -0.39 is 29.7 Å². The summed E-state index contributed by atoms with van der Waals surface area (Å²) in [6, 6.07) is 0. The van der Waals surface area contributed by atoms with Crippen molar-refractivity contribution in [3.63, 3.8) is 0 Å². The highest BCUT2D eigenvalue weighted by Crippen LogP contribution is 2.26. The summed E-state index contributed by atoms with van der Waals surface area (Å²) in [5, 5.41) is 10.1. The standard InChI is InChI=1S/C8H10O5/c1-4-5(2-3-6(9)10)8(12)13-7(4)11/h4-5H,2-3H2,1H3,(H,9,10)/p-1/t4-,5-/m0/s1. The van der Waals surface area contributed by atoms with Gasteiger partial charge in [0.15, 0.2) is 0 Å². The van der Waals surface area contributed by atoms with Crippen molar-refractivity contribution < 1.29 is 24.2 Å². The molecule has 1 heterocycles. The van der Waals surface area contributed by atoms with Crippen molar-refractivity contribution in [2.24, 2.45) is 11.8 Å². The summed E-state index contributed by atoms with van der Waals surface area (Å²) >= 11 is 0. The molecule has 72 valence electrons. The normalized spacial score (nSPS) is 27.5. The van der Waals surface area contributed by atoms with Gasteiger partial charge in [0, 0.05) is 5.97 Å². The van der Waals surface area contributed by atoms with Crippen LogP contribution in [0.5, 0.6) is 0 Å². The molecule has 1 saturated heterocycles. The first-order valence-electron chi connectivity index (χ1n) is 3.97. The van der Waals surface area contributed by atoms with Gasteiger partial charge in [-0.3, -0.25) is 9.59 Å². The molecule has 1 aliphatic rings. The molecule has 0 aromatic rings. The molecule has 0 radical (unpaired) electrons. The van der Waals surface area contributed by atoms with Gasteiger partial charge in [0.05, 0.1) is 11.8 Å². The Labute approximate surface area is 74.7 Å². The first kappa shape index (κ1) is 9.70. The lowest BCUT2D eigenvalue weighted by atomic mass is 9.92. The van der Waals surface area contributed by atoms with Crippen molar-refractivity contribution in [3.8, 4) is 0 Å². The fraction of sp³-hybridized carbons (Fsp3) is 0.625. The van der Waals surface area contributed by atoms with E-state index in [9.17, 15) is 19.5 Å². The van der Waals surface area contributed by atoms with Crippen LogP contribution in [0.25, 0.3) is 0 Å². The highest BCUT2D eigenvalue weighted by Gasteiger charge is 2.40. The first-order chi connectivity index (χ1) is 6.02. The van der Waals surface area contributed by atoms with Crippen molar-refractivity contribution in [2.45, 2.75) is 19.8 Å². The minimum atomic E-state index is -1.22. The molecule has 0 aromatic carbocycles. The van der Waals surface area contributed by atoms with Gasteiger partial charge in [-0.25, -0.2) is 0 Å². The molecular formula is C8H9O5-. The second-order valence-corrected chi connectivity index (χ2v) is 3.05. The lowest BCUT2D eigenvalue weighted by molar-refractivity contribution is -0.305. The number of rotatable bonds is 3. The Balaban J connectivity index is 2.54. The molecule has 0 bridgehead atoms. The van der Waals surface area contributed by atoms with Crippen LogP contribution >= 0.6 is 0 Å². The van der Waals surface area contributed by atoms with Crippen LogP contribution in [0.3, 0.4) is 0 Å². The van der Waals surface area contributed by atoms with Crippen LogP contribution in [0.15, 0.2) is 0 Å². The van der Waals surface area contributed by atoms with Gasteiger partial charge in [0.2, 0.25) is 0 Å². The fourth-order valence-corrected chi connectivity index (χ4v) is 1.28. The third-order valence-electron chi connectivity index (χ3n) is 2.14. The summed E-state index contributed by atoms with van der Waals surface area (Å²) in [7, 11) is 0. The summed E-state index contributed by atoms with van der Waals surface area (Å²) in [5.41, 5.74) is 0. The fourth-order valence-electron chi connectivity index (χ4n) is 1.28. The molecular weight excluding hydrogens is 176 g/mol. The van der Waals surface area contributed by atoms with E-state index in [0.717, 1.165) is 0 Å². The van der Waals surface area contributed by atoms with E-state index in [1.54, 1.807) is 6.92 Å². The molecule has 1 rings (SSSR count). The van der Waals surface area contributed by atoms with E-state index in [1.165, 1.54) is 0 Å². The van der Waals surface area contributed by atoms with Crippen LogP contribution < -0.4 is 5.11 Å². The molecule has 0 unspecified atom stereocenters. The molecule has 0 aromatic heterocycles.